The lowest BCUT2D eigenvalue weighted by Crippen LogP contribution is -2.38. The number of fused-ring (bicyclic) bond motifs is 1. The van der Waals surface area contributed by atoms with Gasteiger partial charge in [-0.2, -0.15) is 10.1 Å². The second-order valence-corrected chi connectivity index (χ2v) is 8.20. The molecule has 0 unspecified atom stereocenters. The van der Waals surface area contributed by atoms with Crippen molar-refractivity contribution in [3.8, 4) is 11.5 Å². The number of amides is 2. The SMILES string of the molecule is CCOc1c(I)cc(/C=N\N2C(=O)[C@H]3[C@H](C2=O)[C@H]2C=C[C@H]3CC2)cc1OC. The van der Waals surface area contributed by atoms with Crippen LogP contribution in [0.1, 0.15) is 25.3 Å². The van der Waals surface area contributed by atoms with Crippen LogP contribution in [0.2, 0.25) is 0 Å². The summed E-state index contributed by atoms with van der Waals surface area (Å²) in [6, 6.07) is 3.68. The molecule has 0 aromatic heterocycles. The van der Waals surface area contributed by atoms with Crippen molar-refractivity contribution in [3.63, 3.8) is 0 Å². The number of hydrogen-bond acceptors (Lipinski definition) is 5. The van der Waals surface area contributed by atoms with Crippen molar-refractivity contribution in [2.75, 3.05) is 13.7 Å². The molecule has 4 aliphatic rings. The average Bonchev–Trinajstić information content (AvgIpc) is 2.95. The highest BCUT2D eigenvalue weighted by atomic mass is 127. The van der Waals surface area contributed by atoms with Gasteiger partial charge in [-0.1, -0.05) is 12.2 Å². The van der Waals surface area contributed by atoms with Gasteiger partial charge in [0.25, 0.3) is 11.8 Å². The maximum atomic E-state index is 12.8. The fourth-order valence-corrected chi connectivity index (χ4v) is 5.18. The zero-order valence-corrected chi connectivity index (χ0v) is 17.4. The van der Waals surface area contributed by atoms with Crippen molar-refractivity contribution >= 4 is 40.6 Å². The molecule has 1 aromatic rings. The standard InChI is InChI=1S/C20H21IN2O4/c1-3-27-18-14(21)8-11(9-15(18)26-2)10-22-23-19(24)16-12-4-5-13(7-6-12)17(16)20(23)25/h4-5,8-10,12-13,16-17H,3,6-7H2,1-2H3/b22-10-/t12-,13-,16+,17+/m0/s1. The number of hydrogen-bond donors (Lipinski definition) is 0. The topological polar surface area (TPSA) is 68.2 Å². The Morgan fingerprint density at radius 3 is 2.33 bits per heavy atom. The number of allylic oxidation sites excluding steroid dienone is 2. The maximum absolute atomic E-state index is 12.8. The van der Waals surface area contributed by atoms with Gasteiger partial charge in [-0.05, 0) is 71.9 Å². The number of benzene rings is 1. The highest BCUT2D eigenvalue weighted by Crippen LogP contribution is 2.49. The lowest BCUT2D eigenvalue weighted by molar-refractivity contribution is -0.140. The van der Waals surface area contributed by atoms with Crippen LogP contribution in [0.15, 0.2) is 29.4 Å². The van der Waals surface area contributed by atoms with Crippen molar-refractivity contribution in [1.29, 1.82) is 0 Å². The fraction of sp³-hybridized carbons (Fsp3) is 0.450. The lowest BCUT2D eigenvalue weighted by Gasteiger charge is -2.37. The summed E-state index contributed by atoms with van der Waals surface area (Å²) < 4.78 is 11.9. The summed E-state index contributed by atoms with van der Waals surface area (Å²) >= 11 is 2.17. The minimum atomic E-state index is -0.242. The van der Waals surface area contributed by atoms with Gasteiger partial charge in [0.1, 0.15) is 0 Å². The summed E-state index contributed by atoms with van der Waals surface area (Å²) in [5, 5.41) is 5.32. The first-order chi connectivity index (χ1) is 13.0. The minimum absolute atomic E-state index is 0.170. The molecule has 6 nitrogen and oxygen atoms in total. The molecule has 142 valence electrons. The normalized spacial score (nSPS) is 28.9. The third-order valence-corrected chi connectivity index (χ3v) is 6.40. The van der Waals surface area contributed by atoms with Crippen molar-refractivity contribution in [2.45, 2.75) is 19.8 Å². The van der Waals surface area contributed by atoms with Crippen LogP contribution in [0.3, 0.4) is 0 Å². The van der Waals surface area contributed by atoms with E-state index in [9.17, 15) is 9.59 Å². The number of halogens is 1. The smallest absolute Gasteiger partial charge is 0.254 e. The highest BCUT2D eigenvalue weighted by Gasteiger charge is 2.56. The van der Waals surface area contributed by atoms with E-state index in [1.165, 1.54) is 0 Å². The Morgan fingerprint density at radius 1 is 1.19 bits per heavy atom. The van der Waals surface area contributed by atoms with Crippen LogP contribution in [0.4, 0.5) is 0 Å². The first-order valence-corrected chi connectivity index (χ1v) is 10.2. The summed E-state index contributed by atoms with van der Waals surface area (Å²) in [4.78, 5) is 25.6. The summed E-state index contributed by atoms with van der Waals surface area (Å²) in [5.41, 5.74) is 0.747. The van der Waals surface area contributed by atoms with E-state index < -0.39 is 0 Å². The van der Waals surface area contributed by atoms with Gasteiger partial charge >= 0.3 is 0 Å². The Balaban J connectivity index is 1.59. The van der Waals surface area contributed by atoms with Crippen LogP contribution in [0, 0.1) is 27.2 Å². The fourth-order valence-electron chi connectivity index (χ4n) is 4.40. The van der Waals surface area contributed by atoms with Gasteiger partial charge in [0, 0.05) is 0 Å². The number of ether oxygens (including phenoxy) is 2. The first kappa shape index (κ1) is 18.5. The van der Waals surface area contributed by atoms with Gasteiger partial charge in [-0.15, -0.1) is 0 Å². The van der Waals surface area contributed by atoms with Crippen molar-refractivity contribution < 1.29 is 19.1 Å². The van der Waals surface area contributed by atoms with Gasteiger partial charge in [0.15, 0.2) is 11.5 Å². The number of carbonyl (C=O) groups is 2. The first-order valence-electron chi connectivity index (χ1n) is 9.15. The molecule has 1 saturated carbocycles. The Bertz CT molecular complexity index is 819. The Morgan fingerprint density at radius 2 is 1.81 bits per heavy atom. The monoisotopic (exact) mass is 480 g/mol. The molecule has 1 aromatic carbocycles. The number of carbonyl (C=O) groups excluding carboxylic acids is 2. The summed E-state index contributed by atoms with van der Waals surface area (Å²) in [6.45, 7) is 2.45. The highest BCUT2D eigenvalue weighted by molar-refractivity contribution is 14.1. The van der Waals surface area contributed by atoms with E-state index in [0.29, 0.717) is 18.1 Å². The van der Waals surface area contributed by atoms with Crippen molar-refractivity contribution in [1.82, 2.24) is 5.01 Å². The Labute approximate surface area is 171 Å². The summed E-state index contributed by atoms with van der Waals surface area (Å²) in [6.07, 6.45) is 7.71. The molecule has 4 atom stereocenters. The number of methoxy groups -OCH3 is 1. The lowest BCUT2D eigenvalue weighted by atomic mass is 9.63. The summed E-state index contributed by atoms with van der Waals surface area (Å²) in [5.74, 6) is 0.786. The average molecular weight is 480 g/mol. The molecule has 1 saturated heterocycles. The zero-order valence-electron chi connectivity index (χ0n) is 15.2. The number of rotatable bonds is 5. The van der Waals surface area contributed by atoms with Crippen LogP contribution < -0.4 is 9.47 Å². The van der Waals surface area contributed by atoms with Crippen LogP contribution in [0.25, 0.3) is 0 Å². The van der Waals surface area contributed by atoms with Crippen LogP contribution in [-0.2, 0) is 9.59 Å². The third-order valence-electron chi connectivity index (χ3n) is 5.60. The van der Waals surface area contributed by atoms with E-state index >= 15 is 0 Å². The Kier molecular flexibility index (Phi) is 4.96. The van der Waals surface area contributed by atoms with Crippen LogP contribution in [-0.4, -0.2) is 36.8 Å². The van der Waals surface area contributed by atoms with E-state index in [1.54, 1.807) is 19.4 Å². The van der Waals surface area contributed by atoms with E-state index in [-0.39, 0.29) is 35.5 Å². The largest absolute Gasteiger partial charge is 0.493 e. The van der Waals surface area contributed by atoms with E-state index in [1.807, 2.05) is 13.0 Å². The van der Waals surface area contributed by atoms with E-state index in [4.69, 9.17) is 9.47 Å². The molecule has 7 heteroatoms. The van der Waals surface area contributed by atoms with Crippen LogP contribution in [0.5, 0.6) is 11.5 Å². The molecular formula is C20H21IN2O4. The molecule has 27 heavy (non-hydrogen) atoms. The molecule has 0 radical (unpaired) electrons. The third kappa shape index (κ3) is 3.05. The maximum Gasteiger partial charge on any atom is 0.254 e. The molecule has 3 aliphatic carbocycles. The molecular weight excluding hydrogens is 459 g/mol. The molecule has 1 aliphatic heterocycles. The zero-order chi connectivity index (χ0) is 19.1. The second-order valence-electron chi connectivity index (χ2n) is 7.04. The van der Waals surface area contributed by atoms with Gasteiger partial charge in [0.2, 0.25) is 0 Å². The van der Waals surface area contributed by atoms with Gasteiger partial charge in [-0.3, -0.25) is 9.59 Å². The van der Waals surface area contributed by atoms with Gasteiger partial charge < -0.3 is 9.47 Å². The Hall–Kier alpha value is -1.90. The van der Waals surface area contributed by atoms with E-state index in [0.717, 1.165) is 27.0 Å². The molecule has 0 spiro atoms. The molecule has 2 amide bonds. The predicted octanol–water partition coefficient (Wildman–Crippen LogP) is 3.23. The number of hydrazone groups is 1. The van der Waals surface area contributed by atoms with Gasteiger partial charge in [-0.25, -0.2) is 0 Å². The number of nitrogens with zero attached hydrogens (tertiary/aromatic N) is 2. The minimum Gasteiger partial charge on any atom is -0.493 e. The summed E-state index contributed by atoms with van der Waals surface area (Å²) in [7, 11) is 1.58. The molecule has 2 fully saturated rings. The molecule has 0 N–H and O–H groups in total. The predicted molar refractivity (Wildman–Crippen MR) is 109 cm³/mol. The van der Waals surface area contributed by atoms with Crippen molar-refractivity contribution in [3.05, 3.63) is 33.4 Å². The number of imide groups is 1. The quantitative estimate of drug-likeness (QED) is 0.281. The van der Waals surface area contributed by atoms with Crippen molar-refractivity contribution in [2.24, 2.45) is 28.8 Å². The van der Waals surface area contributed by atoms with Crippen LogP contribution >= 0.6 is 22.6 Å². The molecule has 2 bridgehead atoms. The van der Waals surface area contributed by atoms with Gasteiger partial charge in [0.05, 0.1) is 35.3 Å². The molecule has 5 rings (SSSR count). The second kappa shape index (κ2) is 7.26. The van der Waals surface area contributed by atoms with E-state index in [2.05, 4.69) is 39.8 Å². The molecule has 1 heterocycles.